The molecule has 2 amide bonds. The molecule has 0 atom stereocenters. The van der Waals surface area contributed by atoms with Crippen LogP contribution in [0.3, 0.4) is 0 Å². The van der Waals surface area contributed by atoms with Crippen LogP contribution in [-0.4, -0.2) is 47.1 Å². The summed E-state index contributed by atoms with van der Waals surface area (Å²) in [5, 5.41) is 3.25. The molecule has 0 unspecified atom stereocenters. The highest BCUT2D eigenvalue weighted by molar-refractivity contribution is 5.94. The first-order valence-corrected chi connectivity index (χ1v) is 9.13. The van der Waals surface area contributed by atoms with Crippen LogP contribution in [0.4, 0.5) is 10.6 Å². The number of aromatic nitrogens is 2. The van der Waals surface area contributed by atoms with Crippen molar-refractivity contribution in [2.75, 3.05) is 25.5 Å². The minimum Gasteiger partial charge on any atom is -0.330 e. The van der Waals surface area contributed by atoms with Gasteiger partial charge in [0.15, 0.2) is 5.82 Å². The Kier molecular flexibility index (Phi) is 4.15. The second-order valence-electron chi connectivity index (χ2n) is 7.65. The molecule has 1 saturated heterocycles. The normalized spacial score (nSPS) is 28.6. The van der Waals surface area contributed by atoms with Crippen LogP contribution in [0.5, 0.6) is 0 Å². The minimum absolute atomic E-state index is 0.0250. The van der Waals surface area contributed by atoms with E-state index >= 15 is 0 Å². The molecule has 26 heavy (non-hydrogen) atoms. The maximum Gasteiger partial charge on any atom is 0.323 e. The Morgan fingerprint density at radius 2 is 1.81 bits per heavy atom. The maximum absolute atomic E-state index is 12.5. The highest BCUT2D eigenvalue weighted by Crippen LogP contribution is 2.46. The van der Waals surface area contributed by atoms with Gasteiger partial charge in [-0.1, -0.05) is 30.3 Å². The van der Waals surface area contributed by atoms with Crippen LogP contribution < -0.4 is 10.2 Å². The van der Waals surface area contributed by atoms with Crippen molar-refractivity contribution in [2.45, 2.75) is 36.8 Å². The van der Waals surface area contributed by atoms with E-state index < -0.39 is 0 Å². The van der Waals surface area contributed by atoms with E-state index in [9.17, 15) is 4.79 Å². The van der Waals surface area contributed by atoms with Gasteiger partial charge in [0.2, 0.25) is 0 Å². The van der Waals surface area contributed by atoms with Crippen molar-refractivity contribution in [3.05, 3.63) is 54.5 Å². The Morgan fingerprint density at radius 3 is 2.42 bits per heavy atom. The lowest BCUT2D eigenvalue weighted by atomic mass is 9.69. The molecule has 4 rings (SSSR count). The summed E-state index contributed by atoms with van der Waals surface area (Å²) >= 11 is 0. The molecule has 1 spiro atoms. The number of anilines is 1. The Labute approximate surface area is 154 Å². The Bertz CT molecular complexity index is 769. The molecule has 1 N–H and O–H groups in total. The first kappa shape index (κ1) is 17.0. The molecule has 1 aromatic heterocycles. The van der Waals surface area contributed by atoms with E-state index in [1.807, 2.05) is 0 Å². The summed E-state index contributed by atoms with van der Waals surface area (Å²) in [5.74, 6) is 0.620. The monoisotopic (exact) mass is 351 g/mol. The van der Waals surface area contributed by atoms with Gasteiger partial charge in [-0.3, -0.25) is 14.8 Å². The van der Waals surface area contributed by atoms with Gasteiger partial charge >= 0.3 is 6.03 Å². The Hall–Kier alpha value is -2.47. The number of carbonyl (C=O) groups excluding carboxylic acids is 1. The number of amides is 2. The Morgan fingerprint density at radius 1 is 1.08 bits per heavy atom. The highest BCUT2D eigenvalue weighted by atomic mass is 16.2. The summed E-state index contributed by atoms with van der Waals surface area (Å²) in [6, 6.07) is 10.7. The second-order valence-corrected chi connectivity index (χ2v) is 7.65. The fourth-order valence-electron chi connectivity index (χ4n) is 4.49. The van der Waals surface area contributed by atoms with Crippen molar-refractivity contribution in [1.82, 2.24) is 20.2 Å². The minimum atomic E-state index is -0.178. The van der Waals surface area contributed by atoms with Gasteiger partial charge in [0.05, 0.1) is 18.3 Å². The van der Waals surface area contributed by atoms with Gasteiger partial charge in [-0.15, -0.1) is 0 Å². The third-order valence-electron chi connectivity index (χ3n) is 6.11. The zero-order valence-corrected chi connectivity index (χ0v) is 15.4. The topological polar surface area (TPSA) is 61.4 Å². The van der Waals surface area contributed by atoms with Crippen LogP contribution in [0.1, 0.15) is 31.2 Å². The first-order valence-electron chi connectivity index (χ1n) is 9.13. The van der Waals surface area contributed by atoms with Gasteiger partial charge in [0.25, 0.3) is 0 Å². The molecule has 0 radical (unpaired) electrons. The first-order chi connectivity index (χ1) is 12.5. The molecule has 1 aliphatic heterocycles. The molecule has 1 saturated carbocycles. The molecule has 6 heteroatoms. The molecule has 2 fully saturated rings. The summed E-state index contributed by atoms with van der Waals surface area (Å²) in [6.07, 6.45) is 8.82. The maximum atomic E-state index is 12.5. The van der Waals surface area contributed by atoms with Gasteiger partial charge in [-0.2, -0.15) is 0 Å². The number of hydrogen-bond donors (Lipinski definition) is 1. The Balaban J connectivity index is 1.55. The van der Waals surface area contributed by atoms with Crippen LogP contribution in [0.2, 0.25) is 0 Å². The van der Waals surface area contributed by atoms with Crippen LogP contribution in [0.25, 0.3) is 0 Å². The molecule has 0 bridgehead atoms. The number of hydrogen-bond acceptors (Lipinski definition) is 4. The van der Waals surface area contributed by atoms with E-state index in [1.54, 1.807) is 23.5 Å². The van der Waals surface area contributed by atoms with Crippen molar-refractivity contribution in [1.29, 1.82) is 0 Å². The van der Waals surface area contributed by atoms with Gasteiger partial charge in [0.1, 0.15) is 0 Å². The second kappa shape index (κ2) is 6.36. The predicted molar refractivity (Wildman–Crippen MR) is 101 cm³/mol. The fraction of sp³-hybridized carbons (Fsp3) is 0.450. The van der Waals surface area contributed by atoms with Crippen LogP contribution in [-0.2, 0) is 5.54 Å². The third kappa shape index (κ3) is 2.74. The number of carbonyl (C=O) groups is 1. The van der Waals surface area contributed by atoms with Gasteiger partial charge < -0.3 is 5.32 Å². The lowest BCUT2D eigenvalue weighted by Crippen LogP contribution is -2.54. The van der Waals surface area contributed by atoms with E-state index in [-0.39, 0.29) is 17.1 Å². The molecule has 2 aliphatic rings. The smallest absolute Gasteiger partial charge is 0.323 e. The van der Waals surface area contributed by atoms with E-state index in [0.717, 1.165) is 25.7 Å². The summed E-state index contributed by atoms with van der Waals surface area (Å²) in [7, 11) is 4.31. The average Bonchev–Trinajstić information content (AvgIpc) is 3.00. The predicted octanol–water partition coefficient (Wildman–Crippen LogP) is 2.78. The SMILES string of the molecule is CN(C)C1(c2ccccc2)CCC2(CC1)CN(c1cnccn1)C(=O)N2. The number of rotatable bonds is 3. The van der Waals surface area contributed by atoms with Crippen molar-refractivity contribution < 1.29 is 4.79 Å². The van der Waals surface area contributed by atoms with Crippen LogP contribution >= 0.6 is 0 Å². The largest absolute Gasteiger partial charge is 0.330 e. The van der Waals surface area contributed by atoms with Gasteiger partial charge in [-0.25, -0.2) is 9.78 Å². The standard InChI is InChI=1S/C20H25N5O/c1-24(2)20(16-6-4-3-5-7-16)10-8-19(9-11-20)15-25(18(26)23-19)17-14-21-12-13-22-17/h3-7,12-14H,8-11,15H2,1-2H3,(H,23,26). The van der Waals surface area contributed by atoms with Crippen molar-refractivity contribution >= 4 is 11.8 Å². The quantitative estimate of drug-likeness (QED) is 0.924. The number of nitrogens with zero attached hydrogens (tertiary/aromatic N) is 4. The summed E-state index contributed by atoms with van der Waals surface area (Å²) < 4.78 is 0. The van der Waals surface area contributed by atoms with E-state index in [1.165, 1.54) is 5.56 Å². The number of benzene rings is 1. The van der Waals surface area contributed by atoms with Crippen LogP contribution in [0.15, 0.2) is 48.9 Å². The number of urea groups is 1. The molecular formula is C20H25N5O. The van der Waals surface area contributed by atoms with Gasteiger partial charge in [-0.05, 0) is 45.3 Å². The molecule has 1 aromatic carbocycles. The summed E-state index contributed by atoms with van der Waals surface area (Å²) in [6.45, 7) is 0.656. The molecule has 1 aliphatic carbocycles. The molecule has 2 aromatic rings. The fourth-order valence-corrected chi connectivity index (χ4v) is 4.49. The highest BCUT2D eigenvalue weighted by Gasteiger charge is 2.50. The number of nitrogens with one attached hydrogen (secondary N) is 1. The van der Waals surface area contributed by atoms with Crippen molar-refractivity contribution in [2.24, 2.45) is 0 Å². The third-order valence-corrected chi connectivity index (χ3v) is 6.11. The van der Waals surface area contributed by atoms with Gasteiger partial charge in [0, 0.05) is 17.9 Å². The van der Waals surface area contributed by atoms with E-state index in [0.29, 0.717) is 12.4 Å². The summed E-state index contributed by atoms with van der Waals surface area (Å²) in [4.78, 5) is 25.0. The zero-order valence-electron chi connectivity index (χ0n) is 15.4. The lowest BCUT2D eigenvalue weighted by molar-refractivity contribution is 0.0657. The molecule has 136 valence electrons. The molecule has 2 heterocycles. The zero-order chi connectivity index (χ0) is 18.2. The van der Waals surface area contributed by atoms with E-state index in [2.05, 4.69) is 64.6 Å². The summed E-state index contributed by atoms with van der Waals surface area (Å²) in [5.41, 5.74) is 1.20. The van der Waals surface area contributed by atoms with Crippen molar-refractivity contribution in [3.8, 4) is 0 Å². The molecular weight excluding hydrogens is 326 g/mol. The molecule has 6 nitrogen and oxygen atoms in total. The lowest BCUT2D eigenvalue weighted by Gasteiger charge is -2.48. The average molecular weight is 351 g/mol. The van der Waals surface area contributed by atoms with Crippen molar-refractivity contribution in [3.63, 3.8) is 0 Å². The van der Waals surface area contributed by atoms with Crippen LogP contribution in [0, 0.1) is 0 Å². The van der Waals surface area contributed by atoms with E-state index in [4.69, 9.17) is 0 Å².